The zero-order valence-electron chi connectivity index (χ0n) is 6.67. The predicted octanol–water partition coefficient (Wildman–Crippen LogP) is 1.28. The summed E-state index contributed by atoms with van der Waals surface area (Å²) in [6, 6.07) is 0.309. The molecule has 0 unspecified atom stereocenters. The van der Waals surface area contributed by atoms with Gasteiger partial charge in [0.25, 0.3) is 0 Å². The molecule has 0 aromatic carbocycles. The standard InChI is InChI=1S/C8H13NO2/c1-5-6-3-2-4-7(6)11-8(10)9-5/h5-7H,2-4H2,1H3,(H,9,10)/t5-,6-,7+/m0/s1. The van der Waals surface area contributed by atoms with Gasteiger partial charge in [-0.3, -0.25) is 0 Å². The Balaban J connectivity index is 2.10. The number of carbonyl (C=O) groups excluding carboxylic acids is 1. The van der Waals surface area contributed by atoms with E-state index in [9.17, 15) is 4.79 Å². The van der Waals surface area contributed by atoms with E-state index >= 15 is 0 Å². The number of hydrogen-bond donors (Lipinski definition) is 1. The van der Waals surface area contributed by atoms with Crippen LogP contribution in [0.1, 0.15) is 26.2 Å². The summed E-state index contributed by atoms with van der Waals surface area (Å²) in [5, 5.41) is 2.79. The van der Waals surface area contributed by atoms with Crippen molar-refractivity contribution in [3.05, 3.63) is 0 Å². The molecule has 0 radical (unpaired) electrons. The van der Waals surface area contributed by atoms with Crippen molar-refractivity contribution < 1.29 is 9.53 Å². The highest BCUT2D eigenvalue weighted by atomic mass is 16.6. The van der Waals surface area contributed by atoms with Crippen LogP contribution in [0, 0.1) is 5.92 Å². The first-order chi connectivity index (χ1) is 5.27. The first-order valence-electron chi connectivity index (χ1n) is 4.24. The molecule has 3 heteroatoms. The van der Waals surface area contributed by atoms with Crippen molar-refractivity contribution in [2.24, 2.45) is 5.92 Å². The summed E-state index contributed by atoms with van der Waals surface area (Å²) in [6.07, 6.45) is 3.43. The fourth-order valence-corrected chi connectivity index (χ4v) is 2.14. The van der Waals surface area contributed by atoms with Gasteiger partial charge >= 0.3 is 6.09 Å². The molecule has 1 aliphatic carbocycles. The molecule has 1 amide bonds. The van der Waals surface area contributed by atoms with Gasteiger partial charge in [0.15, 0.2) is 0 Å². The number of fused-ring (bicyclic) bond motifs is 1. The fraction of sp³-hybridized carbons (Fsp3) is 0.875. The Bertz CT molecular complexity index is 181. The molecular formula is C8H13NO2. The fourth-order valence-electron chi connectivity index (χ4n) is 2.14. The lowest BCUT2D eigenvalue weighted by molar-refractivity contribution is 0.0356. The number of ether oxygens (including phenoxy) is 1. The number of rotatable bonds is 0. The maximum absolute atomic E-state index is 10.9. The third kappa shape index (κ3) is 1.08. The Morgan fingerprint density at radius 1 is 1.55 bits per heavy atom. The van der Waals surface area contributed by atoms with Crippen molar-refractivity contribution in [1.82, 2.24) is 5.32 Å². The van der Waals surface area contributed by atoms with E-state index < -0.39 is 0 Å². The zero-order valence-corrected chi connectivity index (χ0v) is 6.67. The van der Waals surface area contributed by atoms with Crippen LogP contribution in [0.15, 0.2) is 0 Å². The second-order valence-electron chi connectivity index (χ2n) is 3.47. The molecule has 62 valence electrons. The van der Waals surface area contributed by atoms with Crippen LogP contribution in [-0.2, 0) is 4.74 Å². The van der Waals surface area contributed by atoms with Crippen LogP contribution in [0.4, 0.5) is 4.79 Å². The third-order valence-electron chi connectivity index (χ3n) is 2.75. The Morgan fingerprint density at radius 3 is 3.18 bits per heavy atom. The van der Waals surface area contributed by atoms with Gasteiger partial charge in [0, 0.05) is 12.0 Å². The molecule has 0 aromatic rings. The summed E-state index contributed by atoms with van der Waals surface area (Å²) in [7, 11) is 0. The van der Waals surface area contributed by atoms with Crippen LogP contribution in [0.3, 0.4) is 0 Å². The minimum atomic E-state index is -0.236. The molecule has 2 aliphatic rings. The third-order valence-corrected chi connectivity index (χ3v) is 2.75. The van der Waals surface area contributed by atoms with E-state index in [-0.39, 0.29) is 12.2 Å². The highest BCUT2D eigenvalue weighted by molar-refractivity contribution is 5.68. The van der Waals surface area contributed by atoms with Crippen molar-refractivity contribution in [3.8, 4) is 0 Å². The molecule has 2 fully saturated rings. The van der Waals surface area contributed by atoms with E-state index in [1.807, 2.05) is 0 Å². The van der Waals surface area contributed by atoms with Gasteiger partial charge in [0.05, 0.1) is 0 Å². The summed E-state index contributed by atoms with van der Waals surface area (Å²) in [4.78, 5) is 10.9. The molecule has 0 aromatic heterocycles. The Hall–Kier alpha value is -0.730. The summed E-state index contributed by atoms with van der Waals surface area (Å²) in [6.45, 7) is 2.06. The molecule has 2 rings (SSSR count). The molecule has 1 N–H and O–H groups in total. The summed E-state index contributed by atoms with van der Waals surface area (Å²) in [5.74, 6) is 0.563. The lowest BCUT2D eigenvalue weighted by Gasteiger charge is -2.31. The molecule has 3 atom stereocenters. The predicted molar refractivity (Wildman–Crippen MR) is 40.2 cm³/mol. The molecule has 3 nitrogen and oxygen atoms in total. The number of nitrogens with one attached hydrogen (secondary N) is 1. The van der Waals surface area contributed by atoms with Crippen LogP contribution < -0.4 is 5.32 Å². The highest BCUT2D eigenvalue weighted by Crippen LogP contribution is 2.33. The summed E-state index contributed by atoms with van der Waals surface area (Å²) >= 11 is 0. The quantitative estimate of drug-likeness (QED) is 0.572. The number of amides is 1. The summed E-state index contributed by atoms with van der Waals surface area (Å²) < 4.78 is 5.13. The van der Waals surface area contributed by atoms with Crippen LogP contribution in [0.25, 0.3) is 0 Å². The minimum absolute atomic E-state index is 0.207. The molecule has 1 heterocycles. The van der Waals surface area contributed by atoms with E-state index in [4.69, 9.17) is 4.74 Å². The average Bonchev–Trinajstić information content (AvgIpc) is 2.34. The van der Waals surface area contributed by atoms with E-state index in [1.165, 1.54) is 12.8 Å². The zero-order chi connectivity index (χ0) is 7.84. The Morgan fingerprint density at radius 2 is 2.36 bits per heavy atom. The van der Waals surface area contributed by atoms with Gasteiger partial charge in [-0.2, -0.15) is 0 Å². The average molecular weight is 155 g/mol. The normalized spacial score (nSPS) is 42.6. The number of carbonyl (C=O) groups is 1. The number of hydrogen-bond acceptors (Lipinski definition) is 2. The molecule has 0 spiro atoms. The molecule has 0 bridgehead atoms. The second kappa shape index (κ2) is 2.40. The molecular weight excluding hydrogens is 142 g/mol. The first kappa shape index (κ1) is 6.95. The van der Waals surface area contributed by atoms with Gasteiger partial charge < -0.3 is 10.1 Å². The summed E-state index contributed by atoms with van der Waals surface area (Å²) in [5.41, 5.74) is 0. The van der Waals surface area contributed by atoms with E-state index in [0.29, 0.717) is 12.0 Å². The van der Waals surface area contributed by atoms with E-state index in [1.54, 1.807) is 0 Å². The van der Waals surface area contributed by atoms with Gasteiger partial charge in [-0.25, -0.2) is 4.79 Å². The van der Waals surface area contributed by atoms with Crippen molar-refractivity contribution >= 4 is 6.09 Å². The van der Waals surface area contributed by atoms with Gasteiger partial charge in [-0.05, 0) is 26.2 Å². The Labute approximate surface area is 66.1 Å². The van der Waals surface area contributed by atoms with Crippen molar-refractivity contribution in [1.29, 1.82) is 0 Å². The Kier molecular flexibility index (Phi) is 1.51. The van der Waals surface area contributed by atoms with Crippen molar-refractivity contribution in [2.75, 3.05) is 0 Å². The van der Waals surface area contributed by atoms with E-state index in [2.05, 4.69) is 12.2 Å². The van der Waals surface area contributed by atoms with Crippen LogP contribution >= 0.6 is 0 Å². The first-order valence-corrected chi connectivity index (χ1v) is 4.24. The molecule has 1 saturated carbocycles. The largest absolute Gasteiger partial charge is 0.446 e. The van der Waals surface area contributed by atoms with Crippen molar-refractivity contribution in [3.63, 3.8) is 0 Å². The number of alkyl carbamates (subject to hydrolysis) is 1. The molecule has 11 heavy (non-hydrogen) atoms. The lowest BCUT2D eigenvalue weighted by atomic mass is 9.96. The van der Waals surface area contributed by atoms with Gasteiger partial charge in [0.2, 0.25) is 0 Å². The highest BCUT2D eigenvalue weighted by Gasteiger charge is 2.38. The van der Waals surface area contributed by atoms with Gasteiger partial charge in [-0.15, -0.1) is 0 Å². The van der Waals surface area contributed by atoms with Gasteiger partial charge in [-0.1, -0.05) is 0 Å². The maximum Gasteiger partial charge on any atom is 0.407 e. The SMILES string of the molecule is C[C@@H]1NC(=O)O[C@@H]2CCC[C@@H]12. The smallest absolute Gasteiger partial charge is 0.407 e. The van der Waals surface area contributed by atoms with Gasteiger partial charge in [0.1, 0.15) is 6.10 Å². The van der Waals surface area contributed by atoms with Crippen LogP contribution in [0.2, 0.25) is 0 Å². The van der Waals surface area contributed by atoms with Crippen LogP contribution in [0.5, 0.6) is 0 Å². The van der Waals surface area contributed by atoms with Crippen molar-refractivity contribution in [2.45, 2.75) is 38.3 Å². The molecule has 1 saturated heterocycles. The molecule has 1 aliphatic heterocycles. The maximum atomic E-state index is 10.9. The van der Waals surface area contributed by atoms with Crippen LogP contribution in [-0.4, -0.2) is 18.2 Å². The minimum Gasteiger partial charge on any atom is -0.446 e. The topological polar surface area (TPSA) is 38.3 Å². The lowest BCUT2D eigenvalue weighted by Crippen LogP contribution is -2.48. The van der Waals surface area contributed by atoms with E-state index in [0.717, 1.165) is 6.42 Å². The monoisotopic (exact) mass is 155 g/mol. The second-order valence-corrected chi connectivity index (χ2v) is 3.47.